The van der Waals surface area contributed by atoms with Crippen molar-refractivity contribution >= 4 is 17.5 Å². The van der Waals surface area contributed by atoms with Gasteiger partial charge in [-0.3, -0.25) is 4.90 Å². The molecule has 0 aliphatic carbocycles. The van der Waals surface area contributed by atoms with E-state index in [9.17, 15) is 4.79 Å². The SMILES string of the molecule is CCNC(=O)Nc1ccc(-c2nc3c(c(N4CCOC[C@@H]4C)n2)CCN(CCCCOC)C3)cc1. The first kappa shape index (κ1) is 25.3. The molecule has 190 valence electrons. The van der Waals surface area contributed by atoms with E-state index in [0.29, 0.717) is 19.8 Å². The highest BCUT2D eigenvalue weighted by Gasteiger charge is 2.28. The maximum absolute atomic E-state index is 11.8. The van der Waals surface area contributed by atoms with Crippen molar-refractivity contribution in [2.24, 2.45) is 0 Å². The van der Waals surface area contributed by atoms with Crippen molar-refractivity contribution in [3.8, 4) is 11.4 Å². The van der Waals surface area contributed by atoms with E-state index in [4.69, 9.17) is 19.4 Å². The Labute approximate surface area is 208 Å². The van der Waals surface area contributed by atoms with Crippen molar-refractivity contribution in [2.75, 3.05) is 63.3 Å². The maximum Gasteiger partial charge on any atom is 0.319 e. The van der Waals surface area contributed by atoms with Crippen LogP contribution in [0.2, 0.25) is 0 Å². The summed E-state index contributed by atoms with van der Waals surface area (Å²) in [7, 11) is 1.76. The number of nitrogens with one attached hydrogen (secondary N) is 2. The van der Waals surface area contributed by atoms with Crippen LogP contribution in [0.3, 0.4) is 0 Å². The molecular weight excluding hydrogens is 444 g/mol. The van der Waals surface area contributed by atoms with Gasteiger partial charge in [0.05, 0.1) is 24.9 Å². The van der Waals surface area contributed by atoms with Gasteiger partial charge in [-0.05, 0) is 63.9 Å². The third-order valence-corrected chi connectivity index (χ3v) is 6.57. The van der Waals surface area contributed by atoms with Crippen LogP contribution in [-0.2, 0) is 22.4 Å². The molecule has 2 aromatic rings. The van der Waals surface area contributed by atoms with Gasteiger partial charge in [0.25, 0.3) is 0 Å². The lowest BCUT2D eigenvalue weighted by atomic mass is 10.0. The Balaban J connectivity index is 1.60. The van der Waals surface area contributed by atoms with Gasteiger partial charge in [0, 0.05) is 56.7 Å². The van der Waals surface area contributed by atoms with Gasteiger partial charge in [-0.2, -0.15) is 0 Å². The minimum absolute atomic E-state index is 0.209. The Kier molecular flexibility index (Phi) is 8.90. The maximum atomic E-state index is 11.8. The fraction of sp³-hybridized carbons (Fsp3) is 0.577. The number of rotatable bonds is 9. The average Bonchev–Trinajstić information content (AvgIpc) is 2.87. The Morgan fingerprint density at radius 3 is 2.77 bits per heavy atom. The third-order valence-electron chi connectivity index (χ3n) is 6.57. The fourth-order valence-electron chi connectivity index (χ4n) is 4.68. The molecule has 1 fully saturated rings. The van der Waals surface area contributed by atoms with Gasteiger partial charge >= 0.3 is 6.03 Å². The smallest absolute Gasteiger partial charge is 0.319 e. The highest BCUT2D eigenvalue weighted by atomic mass is 16.5. The number of morpholine rings is 1. The Morgan fingerprint density at radius 1 is 1.20 bits per heavy atom. The van der Waals surface area contributed by atoms with Gasteiger partial charge in [0.1, 0.15) is 5.82 Å². The normalized spacial score (nSPS) is 18.3. The zero-order chi connectivity index (χ0) is 24.6. The number of benzene rings is 1. The Hall–Kier alpha value is -2.75. The lowest BCUT2D eigenvalue weighted by Crippen LogP contribution is -2.45. The largest absolute Gasteiger partial charge is 0.385 e. The second kappa shape index (κ2) is 12.3. The summed E-state index contributed by atoms with van der Waals surface area (Å²) in [6, 6.07) is 7.80. The van der Waals surface area contributed by atoms with E-state index >= 15 is 0 Å². The molecule has 2 N–H and O–H groups in total. The first-order valence-corrected chi connectivity index (χ1v) is 12.7. The molecule has 4 rings (SSSR count). The topological polar surface area (TPSA) is 91.9 Å². The lowest BCUT2D eigenvalue weighted by Gasteiger charge is -2.37. The van der Waals surface area contributed by atoms with Crippen LogP contribution in [0.1, 0.15) is 37.9 Å². The van der Waals surface area contributed by atoms with Gasteiger partial charge in [0.2, 0.25) is 0 Å². The molecule has 0 radical (unpaired) electrons. The van der Waals surface area contributed by atoms with Crippen LogP contribution in [0.5, 0.6) is 0 Å². The number of unbranched alkanes of at least 4 members (excludes halogenated alkanes) is 1. The van der Waals surface area contributed by atoms with Crippen LogP contribution < -0.4 is 15.5 Å². The van der Waals surface area contributed by atoms with Crippen molar-refractivity contribution in [3.63, 3.8) is 0 Å². The molecule has 3 heterocycles. The summed E-state index contributed by atoms with van der Waals surface area (Å²) in [5, 5.41) is 5.59. The number of ether oxygens (including phenoxy) is 2. The minimum atomic E-state index is -0.209. The molecule has 1 saturated heterocycles. The molecule has 0 bridgehead atoms. The number of nitrogens with zero attached hydrogens (tertiary/aromatic N) is 4. The van der Waals surface area contributed by atoms with E-state index in [1.807, 2.05) is 31.2 Å². The van der Waals surface area contributed by atoms with Crippen LogP contribution in [0, 0.1) is 0 Å². The number of aromatic nitrogens is 2. The molecule has 2 aliphatic heterocycles. The van der Waals surface area contributed by atoms with Crippen LogP contribution in [0.15, 0.2) is 24.3 Å². The molecule has 9 heteroatoms. The fourth-order valence-corrected chi connectivity index (χ4v) is 4.68. The van der Waals surface area contributed by atoms with Crippen LogP contribution in [0.4, 0.5) is 16.3 Å². The molecule has 9 nitrogen and oxygen atoms in total. The number of anilines is 2. The van der Waals surface area contributed by atoms with Gasteiger partial charge < -0.3 is 25.0 Å². The summed E-state index contributed by atoms with van der Waals surface area (Å²) < 4.78 is 10.9. The molecule has 0 saturated carbocycles. The zero-order valence-corrected chi connectivity index (χ0v) is 21.2. The Morgan fingerprint density at radius 2 is 2.03 bits per heavy atom. The van der Waals surface area contributed by atoms with Crippen molar-refractivity contribution in [1.82, 2.24) is 20.2 Å². The summed E-state index contributed by atoms with van der Waals surface area (Å²) in [5.74, 6) is 1.77. The zero-order valence-electron chi connectivity index (χ0n) is 21.2. The van der Waals surface area contributed by atoms with Crippen molar-refractivity contribution in [1.29, 1.82) is 0 Å². The number of fused-ring (bicyclic) bond motifs is 1. The molecule has 1 aromatic carbocycles. The molecule has 2 amide bonds. The summed E-state index contributed by atoms with van der Waals surface area (Å²) in [5.41, 5.74) is 4.06. The van der Waals surface area contributed by atoms with Crippen molar-refractivity contribution in [3.05, 3.63) is 35.5 Å². The van der Waals surface area contributed by atoms with E-state index in [1.165, 1.54) is 5.56 Å². The van der Waals surface area contributed by atoms with E-state index < -0.39 is 0 Å². The molecule has 1 aromatic heterocycles. The van der Waals surface area contributed by atoms with Crippen LogP contribution in [-0.4, -0.2) is 80.1 Å². The number of urea groups is 1. The van der Waals surface area contributed by atoms with E-state index in [0.717, 1.165) is 80.6 Å². The molecule has 0 unspecified atom stereocenters. The lowest BCUT2D eigenvalue weighted by molar-refractivity contribution is 0.0983. The van der Waals surface area contributed by atoms with Gasteiger partial charge in [-0.25, -0.2) is 14.8 Å². The monoisotopic (exact) mass is 482 g/mol. The number of hydrogen-bond acceptors (Lipinski definition) is 7. The molecule has 35 heavy (non-hydrogen) atoms. The van der Waals surface area contributed by atoms with Crippen molar-refractivity contribution in [2.45, 2.75) is 45.7 Å². The Bertz CT molecular complexity index is 984. The molecule has 2 aliphatic rings. The van der Waals surface area contributed by atoms with E-state index in [-0.39, 0.29) is 12.1 Å². The molecular formula is C26H38N6O3. The number of methoxy groups -OCH3 is 1. The summed E-state index contributed by atoms with van der Waals surface area (Å²) in [6.45, 7) is 10.6. The number of amides is 2. The van der Waals surface area contributed by atoms with Crippen LogP contribution >= 0.6 is 0 Å². The summed E-state index contributed by atoms with van der Waals surface area (Å²) in [6.07, 6.45) is 3.14. The highest BCUT2D eigenvalue weighted by Crippen LogP contribution is 2.31. The second-order valence-corrected chi connectivity index (χ2v) is 9.20. The number of carbonyl (C=O) groups excluding carboxylic acids is 1. The standard InChI is InChI=1S/C26H38N6O3/c1-4-27-26(33)28-21-9-7-20(8-10-21)24-29-23-17-31(12-5-6-15-34-3)13-11-22(23)25(30-24)32-14-16-35-18-19(32)2/h7-10,19H,4-6,11-18H2,1-3H3,(H2,27,28,33)/t19-/m0/s1. The van der Waals surface area contributed by atoms with E-state index in [1.54, 1.807) is 7.11 Å². The molecule has 0 spiro atoms. The number of hydrogen-bond donors (Lipinski definition) is 2. The van der Waals surface area contributed by atoms with Gasteiger partial charge in [-0.15, -0.1) is 0 Å². The first-order valence-electron chi connectivity index (χ1n) is 12.7. The van der Waals surface area contributed by atoms with Crippen LogP contribution in [0.25, 0.3) is 11.4 Å². The van der Waals surface area contributed by atoms with E-state index in [2.05, 4.69) is 27.4 Å². The summed E-state index contributed by atoms with van der Waals surface area (Å²) in [4.78, 5) is 26.8. The minimum Gasteiger partial charge on any atom is -0.385 e. The quantitative estimate of drug-likeness (QED) is 0.530. The highest BCUT2D eigenvalue weighted by molar-refractivity contribution is 5.89. The second-order valence-electron chi connectivity index (χ2n) is 9.20. The first-order chi connectivity index (χ1) is 17.1. The average molecular weight is 483 g/mol. The summed E-state index contributed by atoms with van der Waals surface area (Å²) >= 11 is 0. The predicted octanol–water partition coefficient (Wildman–Crippen LogP) is 3.29. The molecule has 1 atom stereocenters. The number of carbonyl (C=O) groups is 1. The van der Waals surface area contributed by atoms with Gasteiger partial charge in [0.15, 0.2) is 5.82 Å². The third kappa shape index (κ3) is 6.48. The van der Waals surface area contributed by atoms with Crippen molar-refractivity contribution < 1.29 is 14.3 Å². The predicted molar refractivity (Wildman–Crippen MR) is 138 cm³/mol. The van der Waals surface area contributed by atoms with Gasteiger partial charge in [-0.1, -0.05) is 0 Å².